The second kappa shape index (κ2) is 11.4. The lowest BCUT2D eigenvalue weighted by Gasteiger charge is -2.25. The third-order valence-electron chi connectivity index (χ3n) is 5.97. The van der Waals surface area contributed by atoms with Crippen LogP contribution >= 0.6 is 0 Å². The molecule has 2 aromatic carbocycles. The topological polar surface area (TPSA) is 128 Å². The first kappa shape index (κ1) is 26.3. The van der Waals surface area contributed by atoms with Gasteiger partial charge in [-0.25, -0.2) is 0 Å². The molecule has 1 heterocycles. The Hall–Kier alpha value is -3.33. The van der Waals surface area contributed by atoms with Gasteiger partial charge in [0.25, 0.3) is 5.91 Å². The fourth-order valence-corrected chi connectivity index (χ4v) is 3.86. The molecule has 1 aliphatic rings. The summed E-state index contributed by atoms with van der Waals surface area (Å²) in [6.07, 6.45) is 1.86. The molecule has 0 saturated carbocycles. The average molecular weight is 481 g/mol. The first-order valence-electron chi connectivity index (χ1n) is 11.6. The number of aliphatic hydroxyl groups excluding tert-OH is 2. The maximum atomic E-state index is 13.1. The highest BCUT2D eigenvalue weighted by Crippen LogP contribution is 2.30. The maximum absolute atomic E-state index is 13.1. The molecule has 8 nitrogen and oxygen atoms in total. The molecule has 2 aromatic rings. The maximum Gasteiger partial charge on any atom is 0.252 e. The summed E-state index contributed by atoms with van der Waals surface area (Å²) < 4.78 is 5.15. The largest absolute Gasteiger partial charge is 0.394 e. The van der Waals surface area contributed by atoms with Gasteiger partial charge in [0.2, 0.25) is 5.91 Å². The van der Waals surface area contributed by atoms with Gasteiger partial charge in [-0.1, -0.05) is 69.0 Å². The van der Waals surface area contributed by atoms with Crippen LogP contribution in [0.2, 0.25) is 0 Å². The van der Waals surface area contributed by atoms with Gasteiger partial charge in [0.05, 0.1) is 25.9 Å². The first-order chi connectivity index (χ1) is 16.7. The van der Waals surface area contributed by atoms with E-state index in [0.29, 0.717) is 17.5 Å². The summed E-state index contributed by atoms with van der Waals surface area (Å²) in [5.74, 6) is -1.62. The fraction of sp³-hybridized carbons (Fsp3) is 0.370. The molecule has 0 spiro atoms. The molecule has 0 radical (unpaired) electrons. The number of Topliss-reactive ketones (excluding diaryl/α,β-unsaturated/α-hetero) is 1. The molecule has 1 aliphatic heterocycles. The minimum absolute atomic E-state index is 0.0665. The first-order valence-corrected chi connectivity index (χ1v) is 11.6. The number of amides is 2. The number of aliphatic hydroxyl groups is 2. The van der Waals surface area contributed by atoms with Gasteiger partial charge in [-0.15, -0.1) is 0 Å². The standard InChI is InChI=1S/C27H32N2O6/c1-4-18-10-11-20(19-8-6-5-7-9-19)13-21(18)25(33)29-23(14-30)26(34)28-22(12-17(2)3)24(32)27(15-31)16-35-27/h4-11,13,17,22-23,30-31H,1,12,14-16H2,2-3H3,(H,28,34)(H,29,33)/t22?,23-,27?/m0/s1. The molecule has 35 heavy (non-hydrogen) atoms. The van der Waals surface area contributed by atoms with Crippen LogP contribution in [0.1, 0.15) is 36.2 Å². The smallest absolute Gasteiger partial charge is 0.252 e. The van der Waals surface area contributed by atoms with Crippen LogP contribution in [-0.4, -0.2) is 65.3 Å². The molecule has 2 amide bonds. The second-order valence-corrected chi connectivity index (χ2v) is 9.08. The molecule has 0 aliphatic carbocycles. The quantitative estimate of drug-likeness (QED) is 0.344. The molecular formula is C27H32N2O6. The molecule has 0 bridgehead atoms. The van der Waals surface area contributed by atoms with Gasteiger partial charge < -0.3 is 25.6 Å². The molecule has 3 atom stereocenters. The van der Waals surface area contributed by atoms with Crippen molar-refractivity contribution in [3.05, 3.63) is 66.2 Å². The van der Waals surface area contributed by atoms with Crippen molar-refractivity contribution in [3.8, 4) is 11.1 Å². The van der Waals surface area contributed by atoms with E-state index in [4.69, 9.17) is 4.74 Å². The molecule has 0 aromatic heterocycles. The third-order valence-corrected chi connectivity index (χ3v) is 5.97. The summed E-state index contributed by atoms with van der Waals surface area (Å²) in [4.78, 5) is 39.0. The van der Waals surface area contributed by atoms with Gasteiger partial charge in [-0.2, -0.15) is 0 Å². The van der Waals surface area contributed by atoms with E-state index >= 15 is 0 Å². The Bertz CT molecular complexity index is 1080. The van der Waals surface area contributed by atoms with Crippen molar-refractivity contribution in [1.29, 1.82) is 0 Å². The Labute approximate surface area is 205 Å². The van der Waals surface area contributed by atoms with Crippen molar-refractivity contribution < 1.29 is 29.3 Å². The van der Waals surface area contributed by atoms with E-state index in [9.17, 15) is 24.6 Å². The number of hydrogen-bond acceptors (Lipinski definition) is 6. The van der Waals surface area contributed by atoms with Gasteiger partial charge in [0.1, 0.15) is 6.04 Å². The number of nitrogens with one attached hydrogen (secondary N) is 2. The van der Waals surface area contributed by atoms with Gasteiger partial charge >= 0.3 is 0 Å². The Balaban J connectivity index is 1.77. The van der Waals surface area contributed by atoms with Crippen molar-refractivity contribution in [2.75, 3.05) is 19.8 Å². The van der Waals surface area contributed by atoms with Crippen LogP contribution in [0, 0.1) is 5.92 Å². The minimum atomic E-state index is -1.29. The zero-order chi connectivity index (χ0) is 25.6. The molecule has 1 saturated heterocycles. The number of ether oxygens (including phenoxy) is 1. The van der Waals surface area contributed by atoms with Crippen molar-refractivity contribution >= 4 is 23.7 Å². The number of carbonyl (C=O) groups excluding carboxylic acids is 3. The number of epoxide rings is 1. The van der Waals surface area contributed by atoms with E-state index in [-0.39, 0.29) is 12.5 Å². The Morgan fingerprint density at radius 3 is 2.29 bits per heavy atom. The lowest BCUT2D eigenvalue weighted by atomic mass is 9.92. The van der Waals surface area contributed by atoms with Crippen molar-refractivity contribution in [2.24, 2.45) is 5.92 Å². The predicted molar refractivity (Wildman–Crippen MR) is 132 cm³/mol. The molecule has 2 unspecified atom stereocenters. The highest BCUT2D eigenvalue weighted by molar-refractivity contribution is 6.02. The van der Waals surface area contributed by atoms with Crippen LogP contribution in [0.25, 0.3) is 17.2 Å². The van der Waals surface area contributed by atoms with E-state index in [2.05, 4.69) is 17.2 Å². The normalized spacial score (nSPS) is 18.4. The molecular weight excluding hydrogens is 448 g/mol. The number of benzene rings is 2. The summed E-state index contributed by atoms with van der Waals surface area (Å²) in [6, 6.07) is 12.7. The predicted octanol–water partition coefficient (Wildman–Crippen LogP) is 1.95. The van der Waals surface area contributed by atoms with E-state index in [1.54, 1.807) is 18.2 Å². The van der Waals surface area contributed by atoms with Gasteiger partial charge in [-0.05, 0) is 35.1 Å². The summed E-state index contributed by atoms with van der Waals surface area (Å²) >= 11 is 0. The lowest BCUT2D eigenvalue weighted by Crippen LogP contribution is -2.55. The number of carbonyl (C=O) groups is 3. The van der Waals surface area contributed by atoms with Gasteiger partial charge in [0.15, 0.2) is 11.4 Å². The van der Waals surface area contributed by atoms with Crippen molar-refractivity contribution in [1.82, 2.24) is 10.6 Å². The van der Waals surface area contributed by atoms with Crippen LogP contribution in [0.3, 0.4) is 0 Å². The minimum Gasteiger partial charge on any atom is -0.394 e. The summed E-state index contributed by atoms with van der Waals surface area (Å²) in [5.41, 5.74) is 1.31. The summed E-state index contributed by atoms with van der Waals surface area (Å²) in [6.45, 7) is 6.50. The molecule has 1 fully saturated rings. The van der Waals surface area contributed by atoms with E-state index < -0.39 is 48.5 Å². The van der Waals surface area contributed by atoms with Crippen LogP contribution in [0.4, 0.5) is 0 Å². The van der Waals surface area contributed by atoms with E-state index in [0.717, 1.165) is 11.1 Å². The van der Waals surface area contributed by atoms with Crippen LogP contribution in [0.15, 0.2) is 55.1 Å². The highest BCUT2D eigenvalue weighted by Gasteiger charge is 2.54. The number of ketones is 1. The molecule has 186 valence electrons. The Morgan fingerprint density at radius 1 is 1.06 bits per heavy atom. The van der Waals surface area contributed by atoms with Crippen molar-refractivity contribution in [2.45, 2.75) is 38.0 Å². The van der Waals surface area contributed by atoms with Crippen molar-refractivity contribution in [3.63, 3.8) is 0 Å². The number of rotatable bonds is 12. The molecule has 4 N–H and O–H groups in total. The molecule has 8 heteroatoms. The Morgan fingerprint density at radius 2 is 1.74 bits per heavy atom. The third kappa shape index (κ3) is 6.22. The zero-order valence-corrected chi connectivity index (χ0v) is 20.0. The number of hydrogen-bond donors (Lipinski definition) is 4. The summed E-state index contributed by atoms with van der Waals surface area (Å²) in [5, 5.41) is 24.6. The van der Waals surface area contributed by atoms with Crippen LogP contribution in [-0.2, 0) is 14.3 Å². The Kier molecular flexibility index (Phi) is 8.56. The van der Waals surface area contributed by atoms with Gasteiger partial charge in [0, 0.05) is 5.56 Å². The van der Waals surface area contributed by atoms with E-state index in [1.165, 1.54) is 0 Å². The molecule has 3 rings (SSSR count). The monoisotopic (exact) mass is 480 g/mol. The fourth-order valence-electron chi connectivity index (χ4n) is 3.86. The summed E-state index contributed by atoms with van der Waals surface area (Å²) in [7, 11) is 0. The lowest BCUT2D eigenvalue weighted by molar-refractivity contribution is -0.133. The highest BCUT2D eigenvalue weighted by atomic mass is 16.6. The SMILES string of the molecule is C=Cc1ccc(-c2ccccc2)cc1C(=O)N[C@@H](CO)C(=O)NC(CC(C)C)C(=O)C1(CO)CO1. The second-order valence-electron chi connectivity index (χ2n) is 9.08. The van der Waals surface area contributed by atoms with Crippen LogP contribution in [0.5, 0.6) is 0 Å². The van der Waals surface area contributed by atoms with Crippen LogP contribution < -0.4 is 10.6 Å². The van der Waals surface area contributed by atoms with E-state index in [1.807, 2.05) is 50.2 Å². The zero-order valence-electron chi connectivity index (χ0n) is 20.0. The average Bonchev–Trinajstić information content (AvgIpc) is 3.67. The van der Waals surface area contributed by atoms with Gasteiger partial charge in [-0.3, -0.25) is 14.4 Å².